The van der Waals surface area contributed by atoms with Crippen LogP contribution in [0.2, 0.25) is 0 Å². The smallest absolute Gasteiger partial charge is 0.227 e. The minimum Gasteiger partial charge on any atom is -0.434 e. The van der Waals surface area contributed by atoms with Gasteiger partial charge in [-0.2, -0.15) is 0 Å². The van der Waals surface area contributed by atoms with Crippen LogP contribution in [0.15, 0.2) is 144 Å². The molecule has 2 aromatic heterocycles. The minimum absolute atomic E-state index is 0.283. The molecule has 4 heteroatoms. The largest absolute Gasteiger partial charge is 0.434 e. The molecular weight excluding hydrogens is 502 g/mol. The van der Waals surface area contributed by atoms with Crippen molar-refractivity contribution in [3.63, 3.8) is 0 Å². The number of aromatic amines is 1. The van der Waals surface area contributed by atoms with Gasteiger partial charge < -0.3 is 14.3 Å². The summed E-state index contributed by atoms with van der Waals surface area (Å²) in [5.41, 5.74) is 9.41. The van der Waals surface area contributed by atoms with E-state index < -0.39 is 0 Å². The van der Waals surface area contributed by atoms with Crippen LogP contribution in [0.4, 0.5) is 11.4 Å². The van der Waals surface area contributed by atoms with E-state index in [1.54, 1.807) is 0 Å². The Morgan fingerprint density at radius 3 is 2.22 bits per heavy atom. The summed E-state index contributed by atoms with van der Waals surface area (Å²) < 4.78 is 6.28. The second-order valence-corrected chi connectivity index (χ2v) is 10.5. The van der Waals surface area contributed by atoms with Gasteiger partial charge in [-0.15, -0.1) is 0 Å². The Bertz CT molecular complexity index is 2070. The summed E-state index contributed by atoms with van der Waals surface area (Å²) in [6.07, 6.45) is 9.76. The summed E-state index contributed by atoms with van der Waals surface area (Å²) in [6.45, 7) is 0. The van der Waals surface area contributed by atoms with Gasteiger partial charge in [0.25, 0.3) is 0 Å². The molecule has 0 amide bonds. The van der Waals surface area contributed by atoms with E-state index in [2.05, 4.69) is 119 Å². The Morgan fingerprint density at radius 1 is 0.683 bits per heavy atom. The topological polar surface area (TPSA) is 45.1 Å². The van der Waals surface area contributed by atoms with Crippen LogP contribution < -0.4 is 4.90 Å². The van der Waals surface area contributed by atoms with Crippen LogP contribution in [-0.2, 0) is 0 Å². The fourth-order valence-electron chi connectivity index (χ4n) is 5.93. The Kier molecular flexibility index (Phi) is 5.56. The zero-order valence-electron chi connectivity index (χ0n) is 22.4. The van der Waals surface area contributed by atoms with Crippen LogP contribution in [0.3, 0.4) is 0 Å². The lowest BCUT2D eigenvalue weighted by atomic mass is 10.0. The van der Waals surface area contributed by atoms with E-state index in [1.807, 2.05) is 30.3 Å². The second kappa shape index (κ2) is 9.68. The number of hydrogen-bond donors (Lipinski definition) is 1. The van der Waals surface area contributed by atoms with Gasteiger partial charge in [0, 0.05) is 33.2 Å². The molecule has 4 nitrogen and oxygen atoms in total. The summed E-state index contributed by atoms with van der Waals surface area (Å²) >= 11 is 0. The Morgan fingerprint density at radius 2 is 1.44 bits per heavy atom. The van der Waals surface area contributed by atoms with Crippen molar-refractivity contribution >= 4 is 44.3 Å². The van der Waals surface area contributed by atoms with Crippen LogP contribution in [-0.4, -0.2) is 16.0 Å². The zero-order valence-corrected chi connectivity index (χ0v) is 22.4. The highest BCUT2D eigenvalue weighted by Gasteiger charge is 2.19. The fraction of sp³-hybridized carbons (Fsp3) is 0.0541. The number of aromatic nitrogens is 2. The van der Waals surface area contributed by atoms with E-state index in [4.69, 9.17) is 9.40 Å². The molecule has 1 unspecified atom stereocenters. The number of rotatable bonds is 5. The Labute approximate surface area is 237 Å². The van der Waals surface area contributed by atoms with Gasteiger partial charge in [0.15, 0.2) is 5.58 Å². The lowest BCUT2D eigenvalue weighted by molar-refractivity contribution is 0.622. The number of hydrogen-bond acceptors (Lipinski definition) is 3. The maximum absolute atomic E-state index is 6.28. The van der Waals surface area contributed by atoms with Gasteiger partial charge in [0.2, 0.25) is 5.89 Å². The van der Waals surface area contributed by atoms with Crippen LogP contribution in [0.25, 0.3) is 55.5 Å². The number of allylic oxidation sites excluding steroid dienone is 2. The molecule has 1 aliphatic rings. The first kappa shape index (κ1) is 23.5. The van der Waals surface area contributed by atoms with E-state index >= 15 is 0 Å². The zero-order chi connectivity index (χ0) is 27.2. The van der Waals surface area contributed by atoms with Crippen molar-refractivity contribution in [1.29, 1.82) is 0 Å². The molecular formula is C37H27N3O. The summed E-state index contributed by atoms with van der Waals surface area (Å²) in [6, 6.07) is 40.7. The lowest BCUT2D eigenvalue weighted by Crippen LogP contribution is -2.29. The number of benzene rings is 5. The average Bonchev–Trinajstić information content (AvgIpc) is 3.65. The minimum atomic E-state index is 0.283. The van der Waals surface area contributed by atoms with E-state index in [0.29, 0.717) is 5.89 Å². The molecule has 0 aliphatic heterocycles. The number of nitrogens with zero attached hydrogens (tertiary/aromatic N) is 2. The molecule has 0 saturated heterocycles. The van der Waals surface area contributed by atoms with Crippen molar-refractivity contribution in [3.8, 4) is 22.6 Å². The van der Waals surface area contributed by atoms with Gasteiger partial charge in [-0.05, 0) is 78.2 Å². The van der Waals surface area contributed by atoms with Crippen molar-refractivity contribution in [1.82, 2.24) is 9.97 Å². The third kappa shape index (κ3) is 4.12. The molecule has 7 aromatic rings. The van der Waals surface area contributed by atoms with E-state index in [9.17, 15) is 0 Å². The van der Waals surface area contributed by atoms with Crippen LogP contribution in [0.5, 0.6) is 0 Å². The number of H-pyrrole nitrogens is 1. The summed E-state index contributed by atoms with van der Waals surface area (Å²) in [7, 11) is 0. The van der Waals surface area contributed by atoms with Crippen LogP contribution in [0, 0.1) is 0 Å². The average molecular weight is 530 g/mol. The number of fused-ring (bicyclic) bond motifs is 5. The Hall–Kier alpha value is -5.35. The molecule has 1 atom stereocenters. The molecule has 2 heterocycles. The molecule has 1 N–H and O–H groups in total. The molecule has 0 radical (unpaired) electrons. The molecule has 0 saturated carbocycles. The van der Waals surface area contributed by atoms with Crippen molar-refractivity contribution in [2.75, 3.05) is 4.90 Å². The second-order valence-electron chi connectivity index (χ2n) is 10.5. The van der Waals surface area contributed by atoms with Gasteiger partial charge >= 0.3 is 0 Å². The first-order valence-electron chi connectivity index (χ1n) is 14.0. The normalized spacial score (nSPS) is 14.8. The highest BCUT2D eigenvalue weighted by Crippen LogP contribution is 2.37. The third-order valence-corrected chi connectivity index (χ3v) is 7.95. The molecule has 196 valence electrons. The SMILES string of the molecule is C1=CCC(N(c2ccccc2)c2ccc(-c3ccc4[nH]c5c(ccc6nc(-c7ccccc7)oc65)c4c3)cc2)C=C1. The lowest BCUT2D eigenvalue weighted by Gasteiger charge is -2.32. The number of para-hydroxylation sites is 1. The molecule has 8 rings (SSSR count). The fourth-order valence-corrected chi connectivity index (χ4v) is 5.93. The van der Waals surface area contributed by atoms with Crippen molar-refractivity contribution in [2.45, 2.75) is 12.5 Å². The van der Waals surface area contributed by atoms with Crippen molar-refractivity contribution in [3.05, 3.63) is 140 Å². The van der Waals surface area contributed by atoms with Crippen molar-refractivity contribution in [2.24, 2.45) is 0 Å². The highest BCUT2D eigenvalue weighted by molar-refractivity contribution is 6.15. The molecule has 0 fully saturated rings. The molecule has 0 bridgehead atoms. The predicted molar refractivity (Wildman–Crippen MR) is 170 cm³/mol. The number of anilines is 2. The first-order valence-corrected chi connectivity index (χ1v) is 14.0. The number of nitrogens with one attached hydrogen (secondary N) is 1. The summed E-state index contributed by atoms with van der Waals surface area (Å²) in [4.78, 5) is 10.8. The molecule has 41 heavy (non-hydrogen) atoms. The molecule has 5 aromatic carbocycles. The van der Waals surface area contributed by atoms with E-state index in [1.165, 1.54) is 27.9 Å². The molecule has 1 aliphatic carbocycles. The maximum Gasteiger partial charge on any atom is 0.227 e. The van der Waals surface area contributed by atoms with Crippen LogP contribution >= 0.6 is 0 Å². The summed E-state index contributed by atoms with van der Waals surface area (Å²) in [5, 5.41) is 2.31. The monoisotopic (exact) mass is 529 g/mol. The Balaban J connectivity index is 1.17. The van der Waals surface area contributed by atoms with Gasteiger partial charge in [0.05, 0.1) is 11.6 Å². The third-order valence-electron chi connectivity index (χ3n) is 7.95. The maximum atomic E-state index is 6.28. The predicted octanol–water partition coefficient (Wildman–Crippen LogP) is 9.82. The van der Waals surface area contributed by atoms with Gasteiger partial charge in [-0.25, -0.2) is 4.98 Å². The quantitative estimate of drug-likeness (QED) is 0.241. The van der Waals surface area contributed by atoms with E-state index in [0.717, 1.165) is 39.5 Å². The van der Waals surface area contributed by atoms with Gasteiger partial charge in [0.1, 0.15) is 5.52 Å². The van der Waals surface area contributed by atoms with E-state index in [-0.39, 0.29) is 6.04 Å². The van der Waals surface area contributed by atoms with Crippen molar-refractivity contribution < 1.29 is 4.42 Å². The first-order chi connectivity index (χ1) is 20.3. The highest BCUT2D eigenvalue weighted by atomic mass is 16.3. The van der Waals surface area contributed by atoms with Crippen LogP contribution in [0.1, 0.15) is 6.42 Å². The van der Waals surface area contributed by atoms with Gasteiger partial charge in [-0.3, -0.25) is 0 Å². The number of oxazole rings is 1. The standard InChI is InChI=1S/C37H27N3O/c1-4-10-26(11-5-1)37-39-34-23-21-31-32-24-27(18-22-33(32)38-35(31)36(34)41-37)25-16-19-30(20-17-25)40(28-12-6-2-7-13-28)29-14-8-3-9-15-29/h1-14,16-24,29,38H,15H2. The molecule has 0 spiro atoms. The summed E-state index contributed by atoms with van der Waals surface area (Å²) in [5.74, 6) is 0.636. The van der Waals surface area contributed by atoms with Gasteiger partial charge in [-0.1, -0.05) is 78.9 Å².